The summed E-state index contributed by atoms with van der Waals surface area (Å²) in [7, 11) is 0. The lowest BCUT2D eigenvalue weighted by atomic mass is 9.87. The van der Waals surface area contributed by atoms with Crippen molar-refractivity contribution in [1.82, 2.24) is 0 Å². The zero-order valence-electron chi connectivity index (χ0n) is 15.3. The van der Waals surface area contributed by atoms with Gasteiger partial charge in [0.2, 0.25) is 0 Å². The molecule has 0 unspecified atom stereocenters. The van der Waals surface area contributed by atoms with Crippen LogP contribution in [-0.4, -0.2) is 0 Å². The lowest BCUT2D eigenvalue weighted by Crippen LogP contribution is -1.91. The van der Waals surface area contributed by atoms with Crippen molar-refractivity contribution in [2.45, 2.75) is 6.92 Å². The molecule has 0 fully saturated rings. The molecule has 128 valence electrons. The van der Waals surface area contributed by atoms with Crippen LogP contribution in [0.1, 0.15) is 5.56 Å². The van der Waals surface area contributed by atoms with E-state index in [1.165, 1.54) is 49.4 Å². The fraction of sp³-hybridized carbons (Fsp3) is 0.0370. The van der Waals surface area contributed by atoms with Crippen LogP contribution in [0.5, 0.6) is 0 Å². The number of rotatable bonds is 2. The molecule has 0 heteroatoms. The Bertz CT molecular complexity index is 1270. The number of hydrogen-bond acceptors (Lipinski definition) is 0. The van der Waals surface area contributed by atoms with Crippen LogP contribution >= 0.6 is 0 Å². The maximum Gasteiger partial charge on any atom is -0.00697 e. The minimum atomic E-state index is 1.28. The molecular formula is C27H20. The third kappa shape index (κ3) is 2.62. The summed E-state index contributed by atoms with van der Waals surface area (Å²) in [5, 5.41) is 5.16. The zero-order valence-corrected chi connectivity index (χ0v) is 15.3. The maximum absolute atomic E-state index is 2.26. The molecule has 0 spiro atoms. The van der Waals surface area contributed by atoms with E-state index in [1.807, 2.05) is 0 Å². The highest BCUT2D eigenvalue weighted by molar-refractivity contribution is 6.05. The Labute approximate surface area is 159 Å². The third-order valence-corrected chi connectivity index (χ3v) is 5.41. The number of aryl methyl sites for hydroxylation is 1. The van der Waals surface area contributed by atoms with E-state index >= 15 is 0 Å². The molecule has 0 amide bonds. The standard InChI is InChI=1S/C27H20/c1-19-9-6-17-26(24-16-7-12-20-10-2-4-14-22(20)24)27(19)25-18-8-13-21-11-3-5-15-23(21)25/h2-18H,1H3. The molecule has 5 aromatic carbocycles. The summed E-state index contributed by atoms with van der Waals surface area (Å²) in [6.45, 7) is 2.21. The van der Waals surface area contributed by atoms with Gasteiger partial charge in [0.15, 0.2) is 0 Å². The lowest BCUT2D eigenvalue weighted by Gasteiger charge is -2.17. The van der Waals surface area contributed by atoms with Crippen molar-refractivity contribution >= 4 is 21.5 Å². The Balaban J connectivity index is 1.88. The van der Waals surface area contributed by atoms with Crippen LogP contribution in [0.4, 0.5) is 0 Å². The second-order valence-electron chi connectivity index (χ2n) is 7.05. The molecule has 0 aliphatic carbocycles. The molecule has 27 heavy (non-hydrogen) atoms. The summed E-state index contributed by atoms with van der Waals surface area (Å²) in [5.41, 5.74) is 6.51. The van der Waals surface area contributed by atoms with Gasteiger partial charge in [0.05, 0.1) is 0 Å². The van der Waals surface area contributed by atoms with E-state index in [9.17, 15) is 0 Å². The maximum atomic E-state index is 2.26. The minimum Gasteiger partial charge on any atom is -0.0616 e. The summed E-state index contributed by atoms with van der Waals surface area (Å²) in [6, 6.07) is 37.1. The van der Waals surface area contributed by atoms with Gasteiger partial charge in [-0.05, 0) is 56.3 Å². The molecule has 0 atom stereocenters. The second kappa shape index (κ2) is 6.41. The smallest absolute Gasteiger partial charge is 0.00697 e. The Morgan fingerprint density at radius 1 is 0.407 bits per heavy atom. The van der Waals surface area contributed by atoms with Crippen LogP contribution in [0.25, 0.3) is 43.8 Å². The fourth-order valence-corrected chi connectivity index (χ4v) is 4.15. The van der Waals surface area contributed by atoms with Crippen molar-refractivity contribution in [3.63, 3.8) is 0 Å². The first-order valence-electron chi connectivity index (χ1n) is 9.39. The molecule has 0 aliphatic heterocycles. The van der Waals surface area contributed by atoms with Crippen molar-refractivity contribution in [2.75, 3.05) is 0 Å². The van der Waals surface area contributed by atoms with Gasteiger partial charge in [-0.15, -0.1) is 0 Å². The van der Waals surface area contributed by atoms with Gasteiger partial charge in [0, 0.05) is 0 Å². The molecular weight excluding hydrogens is 324 g/mol. The van der Waals surface area contributed by atoms with Crippen LogP contribution in [0.15, 0.2) is 103 Å². The Kier molecular flexibility index (Phi) is 3.76. The predicted octanol–water partition coefficient (Wildman–Crippen LogP) is 7.64. The molecule has 0 saturated heterocycles. The quantitative estimate of drug-likeness (QED) is 0.309. The second-order valence-corrected chi connectivity index (χ2v) is 7.05. The van der Waals surface area contributed by atoms with Gasteiger partial charge in [-0.1, -0.05) is 103 Å². The number of benzene rings is 5. The van der Waals surface area contributed by atoms with Crippen LogP contribution in [0.3, 0.4) is 0 Å². The molecule has 5 aromatic rings. The van der Waals surface area contributed by atoms with E-state index in [-0.39, 0.29) is 0 Å². The monoisotopic (exact) mass is 344 g/mol. The van der Waals surface area contributed by atoms with E-state index in [0.29, 0.717) is 0 Å². The minimum absolute atomic E-state index is 1.28. The first-order chi connectivity index (χ1) is 13.3. The predicted molar refractivity (Wildman–Crippen MR) is 117 cm³/mol. The van der Waals surface area contributed by atoms with E-state index < -0.39 is 0 Å². The summed E-state index contributed by atoms with van der Waals surface area (Å²) in [4.78, 5) is 0. The molecule has 0 aromatic heterocycles. The van der Waals surface area contributed by atoms with E-state index in [4.69, 9.17) is 0 Å². The first kappa shape index (κ1) is 15.8. The van der Waals surface area contributed by atoms with Crippen LogP contribution < -0.4 is 0 Å². The van der Waals surface area contributed by atoms with Crippen molar-refractivity contribution in [2.24, 2.45) is 0 Å². The van der Waals surface area contributed by atoms with Crippen LogP contribution in [0.2, 0.25) is 0 Å². The van der Waals surface area contributed by atoms with Gasteiger partial charge < -0.3 is 0 Å². The first-order valence-corrected chi connectivity index (χ1v) is 9.39. The molecule has 0 bridgehead atoms. The number of fused-ring (bicyclic) bond motifs is 2. The van der Waals surface area contributed by atoms with Crippen LogP contribution in [-0.2, 0) is 0 Å². The van der Waals surface area contributed by atoms with Gasteiger partial charge >= 0.3 is 0 Å². The highest BCUT2D eigenvalue weighted by atomic mass is 14.2. The highest BCUT2D eigenvalue weighted by Crippen LogP contribution is 2.40. The Morgan fingerprint density at radius 2 is 0.889 bits per heavy atom. The molecule has 0 nitrogen and oxygen atoms in total. The van der Waals surface area contributed by atoms with Gasteiger partial charge in [-0.25, -0.2) is 0 Å². The molecule has 0 saturated carbocycles. The summed E-state index contributed by atoms with van der Waals surface area (Å²) >= 11 is 0. The number of hydrogen-bond donors (Lipinski definition) is 0. The molecule has 0 radical (unpaired) electrons. The van der Waals surface area contributed by atoms with E-state index in [0.717, 1.165) is 0 Å². The van der Waals surface area contributed by atoms with Gasteiger partial charge in [0.25, 0.3) is 0 Å². The molecule has 0 heterocycles. The van der Waals surface area contributed by atoms with Crippen molar-refractivity contribution in [3.8, 4) is 22.3 Å². The van der Waals surface area contributed by atoms with Crippen molar-refractivity contribution in [1.29, 1.82) is 0 Å². The average molecular weight is 344 g/mol. The molecule has 5 rings (SSSR count). The SMILES string of the molecule is Cc1cccc(-c2cccc3ccccc23)c1-c1cccc2ccccc12. The summed E-state index contributed by atoms with van der Waals surface area (Å²) in [6.07, 6.45) is 0. The van der Waals surface area contributed by atoms with Gasteiger partial charge in [0.1, 0.15) is 0 Å². The zero-order chi connectivity index (χ0) is 18.2. The summed E-state index contributed by atoms with van der Waals surface area (Å²) < 4.78 is 0. The lowest BCUT2D eigenvalue weighted by molar-refractivity contribution is 1.46. The molecule has 0 aliphatic rings. The Hall–Kier alpha value is -3.38. The van der Waals surface area contributed by atoms with Crippen molar-refractivity contribution < 1.29 is 0 Å². The van der Waals surface area contributed by atoms with Gasteiger partial charge in [-0.2, -0.15) is 0 Å². The van der Waals surface area contributed by atoms with E-state index in [2.05, 4.69) is 110 Å². The Morgan fingerprint density at radius 3 is 1.59 bits per heavy atom. The van der Waals surface area contributed by atoms with E-state index in [1.54, 1.807) is 0 Å². The largest absolute Gasteiger partial charge is 0.0616 e. The van der Waals surface area contributed by atoms with Gasteiger partial charge in [-0.3, -0.25) is 0 Å². The average Bonchev–Trinajstić information content (AvgIpc) is 2.73. The third-order valence-electron chi connectivity index (χ3n) is 5.41. The fourth-order valence-electron chi connectivity index (χ4n) is 4.15. The van der Waals surface area contributed by atoms with Crippen LogP contribution in [0, 0.1) is 6.92 Å². The topological polar surface area (TPSA) is 0 Å². The normalized spacial score (nSPS) is 11.1. The molecule has 0 N–H and O–H groups in total. The van der Waals surface area contributed by atoms with Crippen molar-refractivity contribution in [3.05, 3.63) is 109 Å². The highest BCUT2D eigenvalue weighted by Gasteiger charge is 2.14. The summed E-state index contributed by atoms with van der Waals surface area (Å²) in [5.74, 6) is 0.